The Labute approximate surface area is 188 Å². The standard InChI is InChI=1S/C27H52O3/c1-9-21(2)13-11-17-24(5)26(30-25(6)28)19-18-23(4)15-10-14-22(3)16-12-20-27(7,8)29/h11,17,21-24,26,29H,9-10,12-16,18-20H2,1-8H3/b17-11+. The summed E-state index contributed by atoms with van der Waals surface area (Å²) in [4.78, 5) is 11.6. The molecule has 0 saturated carbocycles. The molecule has 0 spiro atoms. The van der Waals surface area contributed by atoms with Crippen molar-refractivity contribution < 1.29 is 14.6 Å². The highest BCUT2D eigenvalue weighted by Crippen LogP contribution is 2.24. The zero-order valence-electron chi connectivity index (χ0n) is 21.4. The van der Waals surface area contributed by atoms with E-state index in [9.17, 15) is 9.90 Å². The molecule has 5 unspecified atom stereocenters. The lowest BCUT2D eigenvalue weighted by Crippen LogP contribution is -2.24. The van der Waals surface area contributed by atoms with E-state index in [4.69, 9.17) is 4.74 Å². The van der Waals surface area contributed by atoms with Gasteiger partial charge in [0.05, 0.1) is 5.60 Å². The van der Waals surface area contributed by atoms with Crippen LogP contribution in [0.15, 0.2) is 12.2 Å². The summed E-state index contributed by atoms with van der Waals surface area (Å²) < 4.78 is 5.65. The van der Waals surface area contributed by atoms with Gasteiger partial charge in [0.15, 0.2) is 0 Å². The molecule has 5 atom stereocenters. The molecule has 30 heavy (non-hydrogen) atoms. The summed E-state index contributed by atoms with van der Waals surface area (Å²) in [5.74, 6) is 2.18. The molecule has 3 nitrogen and oxygen atoms in total. The predicted molar refractivity (Wildman–Crippen MR) is 129 cm³/mol. The zero-order chi connectivity index (χ0) is 23.2. The van der Waals surface area contributed by atoms with Crippen LogP contribution in [0.3, 0.4) is 0 Å². The third kappa shape index (κ3) is 16.9. The van der Waals surface area contributed by atoms with Crippen molar-refractivity contribution in [1.82, 2.24) is 0 Å². The summed E-state index contributed by atoms with van der Waals surface area (Å²) in [5, 5.41) is 9.82. The van der Waals surface area contributed by atoms with Gasteiger partial charge in [-0.1, -0.05) is 85.3 Å². The second kappa shape index (κ2) is 15.9. The number of hydrogen-bond acceptors (Lipinski definition) is 3. The fourth-order valence-corrected chi connectivity index (χ4v) is 3.89. The number of esters is 1. The Hall–Kier alpha value is -0.830. The first-order valence-electron chi connectivity index (χ1n) is 12.5. The van der Waals surface area contributed by atoms with Gasteiger partial charge in [-0.25, -0.2) is 0 Å². The zero-order valence-corrected chi connectivity index (χ0v) is 21.4. The first kappa shape index (κ1) is 29.2. The second-order valence-electron chi connectivity index (χ2n) is 10.6. The molecule has 0 rings (SSSR count). The third-order valence-electron chi connectivity index (χ3n) is 6.40. The van der Waals surface area contributed by atoms with Crippen molar-refractivity contribution in [3.63, 3.8) is 0 Å². The number of ether oxygens (including phenoxy) is 1. The lowest BCUT2D eigenvalue weighted by molar-refractivity contribution is -0.148. The van der Waals surface area contributed by atoms with Gasteiger partial charge in [0, 0.05) is 12.8 Å². The van der Waals surface area contributed by atoms with Gasteiger partial charge in [-0.05, 0) is 57.3 Å². The lowest BCUT2D eigenvalue weighted by atomic mass is 9.89. The number of hydrogen-bond donors (Lipinski definition) is 1. The minimum Gasteiger partial charge on any atom is -0.462 e. The quantitative estimate of drug-likeness (QED) is 0.192. The van der Waals surface area contributed by atoms with Gasteiger partial charge in [0.2, 0.25) is 0 Å². The molecule has 0 fully saturated rings. The predicted octanol–water partition coefficient (Wildman–Crippen LogP) is 7.71. The van der Waals surface area contributed by atoms with Crippen LogP contribution in [0.25, 0.3) is 0 Å². The van der Waals surface area contributed by atoms with E-state index in [1.165, 1.54) is 39.0 Å². The molecule has 1 N–H and O–H groups in total. The number of rotatable bonds is 17. The van der Waals surface area contributed by atoms with Gasteiger partial charge >= 0.3 is 5.97 Å². The van der Waals surface area contributed by atoms with Crippen LogP contribution in [-0.4, -0.2) is 22.8 Å². The van der Waals surface area contributed by atoms with E-state index in [2.05, 4.69) is 46.8 Å². The molecule has 0 saturated heterocycles. The molecular formula is C27H52O3. The van der Waals surface area contributed by atoms with Crippen LogP contribution in [0.4, 0.5) is 0 Å². The Morgan fingerprint density at radius 2 is 1.50 bits per heavy atom. The normalized spacial score (nSPS) is 17.5. The van der Waals surface area contributed by atoms with E-state index in [0.717, 1.165) is 38.0 Å². The van der Waals surface area contributed by atoms with Crippen molar-refractivity contribution in [1.29, 1.82) is 0 Å². The summed E-state index contributed by atoms with van der Waals surface area (Å²) >= 11 is 0. The second-order valence-corrected chi connectivity index (χ2v) is 10.6. The molecule has 0 aromatic carbocycles. The molecule has 0 aromatic rings. The summed E-state index contributed by atoms with van der Waals surface area (Å²) in [6.07, 6.45) is 15.8. The Bertz CT molecular complexity index is 463. The van der Waals surface area contributed by atoms with E-state index in [0.29, 0.717) is 11.8 Å². The van der Waals surface area contributed by atoms with Gasteiger partial charge in [0.25, 0.3) is 0 Å². The molecule has 178 valence electrons. The molecule has 3 heteroatoms. The number of allylic oxidation sites excluding steroid dienone is 1. The van der Waals surface area contributed by atoms with Crippen molar-refractivity contribution in [2.24, 2.45) is 23.7 Å². The summed E-state index contributed by atoms with van der Waals surface area (Å²) in [5.41, 5.74) is -0.534. The summed E-state index contributed by atoms with van der Waals surface area (Å²) in [7, 11) is 0. The Balaban J connectivity index is 4.26. The average molecular weight is 425 g/mol. The highest BCUT2D eigenvalue weighted by atomic mass is 16.5. The van der Waals surface area contributed by atoms with Crippen molar-refractivity contribution in [2.75, 3.05) is 0 Å². The number of carbonyl (C=O) groups excluding carboxylic acids is 1. The monoisotopic (exact) mass is 424 g/mol. The smallest absolute Gasteiger partial charge is 0.302 e. The van der Waals surface area contributed by atoms with Crippen LogP contribution in [-0.2, 0) is 9.53 Å². The van der Waals surface area contributed by atoms with E-state index in [1.54, 1.807) is 0 Å². The average Bonchev–Trinajstić information content (AvgIpc) is 2.63. The highest BCUT2D eigenvalue weighted by Gasteiger charge is 2.19. The van der Waals surface area contributed by atoms with Crippen LogP contribution >= 0.6 is 0 Å². The Morgan fingerprint density at radius 3 is 2.03 bits per heavy atom. The Kier molecular flexibility index (Phi) is 15.5. The van der Waals surface area contributed by atoms with Gasteiger partial charge in [-0.15, -0.1) is 0 Å². The first-order chi connectivity index (χ1) is 13.9. The molecule has 0 aliphatic heterocycles. The third-order valence-corrected chi connectivity index (χ3v) is 6.40. The summed E-state index contributed by atoms with van der Waals surface area (Å²) in [6.45, 7) is 16.6. The van der Waals surface area contributed by atoms with Crippen LogP contribution in [0.1, 0.15) is 120 Å². The molecule has 0 amide bonds. The first-order valence-corrected chi connectivity index (χ1v) is 12.5. The molecular weight excluding hydrogens is 372 g/mol. The molecule has 0 aliphatic carbocycles. The number of carbonyl (C=O) groups is 1. The minimum absolute atomic E-state index is 0.0149. The van der Waals surface area contributed by atoms with Gasteiger partial charge in [-0.3, -0.25) is 4.79 Å². The van der Waals surface area contributed by atoms with E-state index in [-0.39, 0.29) is 18.0 Å². The van der Waals surface area contributed by atoms with Crippen LogP contribution in [0.2, 0.25) is 0 Å². The molecule has 0 bridgehead atoms. The fraction of sp³-hybridized carbons (Fsp3) is 0.889. The van der Waals surface area contributed by atoms with Crippen molar-refractivity contribution in [3.8, 4) is 0 Å². The maximum absolute atomic E-state index is 11.6. The van der Waals surface area contributed by atoms with Crippen LogP contribution in [0, 0.1) is 23.7 Å². The molecule has 0 radical (unpaired) electrons. The van der Waals surface area contributed by atoms with E-state index in [1.807, 2.05) is 13.8 Å². The SMILES string of the molecule is CCC(C)C/C=C/C(C)C(CCC(C)CCCC(C)CCCC(C)(C)O)OC(C)=O. The number of aliphatic hydroxyl groups is 1. The Morgan fingerprint density at radius 1 is 0.933 bits per heavy atom. The molecule has 0 heterocycles. The van der Waals surface area contributed by atoms with Crippen molar-refractivity contribution in [2.45, 2.75) is 131 Å². The van der Waals surface area contributed by atoms with Crippen LogP contribution in [0.5, 0.6) is 0 Å². The minimum atomic E-state index is -0.534. The maximum atomic E-state index is 11.6. The lowest BCUT2D eigenvalue weighted by Gasteiger charge is -2.23. The molecule has 0 aliphatic rings. The fourth-order valence-electron chi connectivity index (χ4n) is 3.89. The van der Waals surface area contributed by atoms with Crippen molar-refractivity contribution in [3.05, 3.63) is 12.2 Å². The van der Waals surface area contributed by atoms with Crippen molar-refractivity contribution >= 4 is 5.97 Å². The largest absolute Gasteiger partial charge is 0.462 e. The van der Waals surface area contributed by atoms with E-state index < -0.39 is 5.60 Å². The van der Waals surface area contributed by atoms with Crippen LogP contribution < -0.4 is 0 Å². The topological polar surface area (TPSA) is 46.5 Å². The maximum Gasteiger partial charge on any atom is 0.302 e. The molecule has 0 aromatic heterocycles. The van der Waals surface area contributed by atoms with E-state index >= 15 is 0 Å². The summed E-state index contributed by atoms with van der Waals surface area (Å²) in [6, 6.07) is 0. The van der Waals surface area contributed by atoms with Gasteiger partial charge in [0.1, 0.15) is 6.10 Å². The van der Waals surface area contributed by atoms with Gasteiger partial charge < -0.3 is 9.84 Å². The van der Waals surface area contributed by atoms with Gasteiger partial charge in [-0.2, -0.15) is 0 Å². The highest BCUT2D eigenvalue weighted by molar-refractivity contribution is 5.66.